The summed E-state index contributed by atoms with van der Waals surface area (Å²) in [5, 5.41) is 2.86. The quantitative estimate of drug-likeness (QED) is 0.664. The van der Waals surface area contributed by atoms with Gasteiger partial charge >= 0.3 is 0 Å². The highest BCUT2D eigenvalue weighted by Crippen LogP contribution is 2.20. The first-order chi connectivity index (χ1) is 12.7. The third-order valence-electron chi connectivity index (χ3n) is 4.69. The molecule has 0 aliphatic carbocycles. The summed E-state index contributed by atoms with van der Waals surface area (Å²) in [4.78, 5) is 28.8. The zero-order chi connectivity index (χ0) is 20.0. The van der Waals surface area contributed by atoms with Crippen LogP contribution in [-0.2, 0) is 9.84 Å². The van der Waals surface area contributed by atoms with Crippen LogP contribution in [-0.4, -0.2) is 81.3 Å². The van der Waals surface area contributed by atoms with Gasteiger partial charge in [0.05, 0.1) is 11.5 Å². The van der Waals surface area contributed by atoms with E-state index in [9.17, 15) is 18.0 Å². The Hall–Kier alpha value is -1.93. The Bertz CT molecular complexity index is 777. The standard InChI is InChI=1S/C19H29N3O4S/c1-4-22(17-9-12-27(25,26)14-17)19(24)16-8-5-7-15(13-16)18(23)20-10-6-11-21(2)3/h5,7-8,13,17H,4,6,9-12,14H2,1-3H3,(H,20,23). The largest absolute Gasteiger partial charge is 0.352 e. The van der Waals surface area contributed by atoms with Crippen LogP contribution in [0, 0.1) is 0 Å². The van der Waals surface area contributed by atoms with Crippen LogP contribution in [0.5, 0.6) is 0 Å². The van der Waals surface area contributed by atoms with Crippen LogP contribution in [0.1, 0.15) is 40.5 Å². The molecule has 1 aliphatic rings. The van der Waals surface area contributed by atoms with E-state index in [4.69, 9.17) is 0 Å². The zero-order valence-electron chi connectivity index (χ0n) is 16.3. The van der Waals surface area contributed by atoms with E-state index in [1.54, 1.807) is 29.2 Å². The molecule has 2 amide bonds. The molecule has 0 radical (unpaired) electrons. The lowest BCUT2D eigenvalue weighted by molar-refractivity contribution is 0.0708. The van der Waals surface area contributed by atoms with Gasteiger partial charge in [0.15, 0.2) is 9.84 Å². The van der Waals surface area contributed by atoms with Gasteiger partial charge in [0, 0.05) is 30.3 Å². The molecule has 1 aromatic carbocycles. The molecule has 1 atom stereocenters. The highest BCUT2D eigenvalue weighted by molar-refractivity contribution is 7.91. The van der Waals surface area contributed by atoms with Gasteiger partial charge in [-0.15, -0.1) is 0 Å². The van der Waals surface area contributed by atoms with E-state index < -0.39 is 9.84 Å². The van der Waals surface area contributed by atoms with Crippen molar-refractivity contribution in [1.82, 2.24) is 15.1 Å². The topological polar surface area (TPSA) is 86.8 Å². The fourth-order valence-electron chi connectivity index (χ4n) is 3.25. The zero-order valence-corrected chi connectivity index (χ0v) is 17.1. The van der Waals surface area contributed by atoms with Crippen LogP contribution in [0.3, 0.4) is 0 Å². The van der Waals surface area contributed by atoms with Crippen LogP contribution in [0.4, 0.5) is 0 Å². The molecule has 1 saturated heterocycles. The second-order valence-corrected chi connectivity index (χ2v) is 9.37. The molecule has 8 heteroatoms. The van der Waals surface area contributed by atoms with Crippen molar-refractivity contribution in [2.45, 2.75) is 25.8 Å². The SMILES string of the molecule is CCN(C(=O)c1cccc(C(=O)NCCCN(C)C)c1)C1CCS(=O)(=O)C1. The van der Waals surface area contributed by atoms with E-state index in [2.05, 4.69) is 5.32 Å². The molecule has 27 heavy (non-hydrogen) atoms. The van der Waals surface area contributed by atoms with Crippen LogP contribution in [0.25, 0.3) is 0 Å². The molecule has 0 aromatic heterocycles. The number of rotatable bonds is 8. The van der Waals surface area contributed by atoms with Crippen LogP contribution < -0.4 is 5.32 Å². The number of carbonyl (C=O) groups excluding carboxylic acids is 2. The van der Waals surface area contributed by atoms with Gasteiger partial charge in [0.25, 0.3) is 11.8 Å². The number of carbonyl (C=O) groups is 2. The molecule has 1 unspecified atom stereocenters. The van der Waals surface area contributed by atoms with Crippen molar-refractivity contribution in [3.8, 4) is 0 Å². The van der Waals surface area contributed by atoms with Crippen molar-refractivity contribution in [2.24, 2.45) is 0 Å². The summed E-state index contributed by atoms with van der Waals surface area (Å²) in [6, 6.07) is 6.30. The lowest BCUT2D eigenvalue weighted by Gasteiger charge is -2.27. The Labute approximate surface area is 161 Å². The summed E-state index contributed by atoms with van der Waals surface area (Å²) in [6.07, 6.45) is 1.31. The van der Waals surface area contributed by atoms with E-state index in [0.29, 0.717) is 30.6 Å². The van der Waals surface area contributed by atoms with E-state index in [0.717, 1.165) is 13.0 Å². The monoisotopic (exact) mass is 395 g/mol. The summed E-state index contributed by atoms with van der Waals surface area (Å²) in [6.45, 7) is 3.72. The predicted molar refractivity (Wildman–Crippen MR) is 106 cm³/mol. The number of hydrogen-bond donors (Lipinski definition) is 1. The van der Waals surface area contributed by atoms with Gasteiger partial charge in [-0.2, -0.15) is 0 Å². The summed E-state index contributed by atoms with van der Waals surface area (Å²) in [5.41, 5.74) is 0.836. The minimum Gasteiger partial charge on any atom is -0.352 e. The molecule has 150 valence electrons. The fraction of sp³-hybridized carbons (Fsp3) is 0.579. The number of hydrogen-bond acceptors (Lipinski definition) is 5. The maximum Gasteiger partial charge on any atom is 0.254 e. The molecule has 1 heterocycles. The number of amides is 2. The van der Waals surface area contributed by atoms with Crippen molar-refractivity contribution < 1.29 is 18.0 Å². The molecular weight excluding hydrogens is 366 g/mol. The average Bonchev–Trinajstić information content (AvgIpc) is 2.98. The summed E-state index contributed by atoms with van der Waals surface area (Å²) < 4.78 is 23.5. The summed E-state index contributed by atoms with van der Waals surface area (Å²) in [7, 11) is 0.888. The van der Waals surface area contributed by atoms with Crippen molar-refractivity contribution in [2.75, 3.05) is 45.2 Å². The van der Waals surface area contributed by atoms with Crippen molar-refractivity contribution in [3.05, 3.63) is 35.4 Å². The van der Waals surface area contributed by atoms with Gasteiger partial charge in [-0.25, -0.2) is 8.42 Å². The van der Waals surface area contributed by atoms with Gasteiger partial charge in [0.2, 0.25) is 0 Å². The fourth-order valence-corrected chi connectivity index (χ4v) is 4.98. The van der Waals surface area contributed by atoms with E-state index in [1.807, 2.05) is 25.9 Å². The maximum absolute atomic E-state index is 12.9. The Kier molecular flexibility index (Phi) is 7.38. The molecule has 0 spiro atoms. The molecule has 1 N–H and O–H groups in total. The van der Waals surface area contributed by atoms with Gasteiger partial charge in [-0.05, 0) is 58.6 Å². The van der Waals surface area contributed by atoms with Crippen molar-refractivity contribution in [1.29, 1.82) is 0 Å². The second-order valence-electron chi connectivity index (χ2n) is 7.14. The molecule has 0 bridgehead atoms. The minimum absolute atomic E-state index is 0.0125. The predicted octanol–water partition coefficient (Wildman–Crippen LogP) is 1.02. The smallest absolute Gasteiger partial charge is 0.254 e. The molecule has 1 aromatic rings. The number of sulfone groups is 1. The Morgan fingerprint density at radius 2 is 1.93 bits per heavy atom. The highest BCUT2D eigenvalue weighted by Gasteiger charge is 2.34. The molecule has 2 rings (SSSR count). The van der Waals surface area contributed by atoms with Crippen LogP contribution in [0.2, 0.25) is 0 Å². The highest BCUT2D eigenvalue weighted by atomic mass is 32.2. The van der Waals surface area contributed by atoms with Gasteiger partial charge in [-0.1, -0.05) is 6.07 Å². The van der Waals surface area contributed by atoms with Crippen LogP contribution in [0.15, 0.2) is 24.3 Å². The Balaban J connectivity index is 2.04. The number of benzene rings is 1. The maximum atomic E-state index is 12.9. The molecular formula is C19H29N3O4S. The van der Waals surface area contributed by atoms with Crippen molar-refractivity contribution in [3.63, 3.8) is 0 Å². The summed E-state index contributed by atoms with van der Waals surface area (Å²) in [5.74, 6) is -0.313. The second kappa shape index (κ2) is 9.32. The molecule has 1 fully saturated rings. The average molecular weight is 396 g/mol. The lowest BCUT2D eigenvalue weighted by atomic mass is 10.1. The lowest BCUT2D eigenvalue weighted by Crippen LogP contribution is -2.41. The minimum atomic E-state index is -3.07. The van der Waals surface area contributed by atoms with Gasteiger partial charge in [0.1, 0.15) is 0 Å². The van der Waals surface area contributed by atoms with E-state index in [-0.39, 0.29) is 29.4 Å². The first-order valence-electron chi connectivity index (χ1n) is 9.28. The molecule has 0 saturated carbocycles. The van der Waals surface area contributed by atoms with E-state index >= 15 is 0 Å². The number of nitrogens with zero attached hydrogens (tertiary/aromatic N) is 2. The third-order valence-corrected chi connectivity index (χ3v) is 6.44. The normalized spacial score (nSPS) is 18.4. The van der Waals surface area contributed by atoms with Crippen molar-refractivity contribution >= 4 is 21.7 Å². The number of nitrogens with one attached hydrogen (secondary N) is 1. The van der Waals surface area contributed by atoms with Gasteiger partial charge < -0.3 is 15.1 Å². The Morgan fingerprint density at radius 3 is 2.52 bits per heavy atom. The first kappa shape index (κ1) is 21.4. The van der Waals surface area contributed by atoms with Crippen LogP contribution >= 0.6 is 0 Å². The molecule has 1 aliphatic heterocycles. The van der Waals surface area contributed by atoms with E-state index in [1.165, 1.54) is 0 Å². The summed E-state index contributed by atoms with van der Waals surface area (Å²) >= 11 is 0. The first-order valence-corrected chi connectivity index (χ1v) is 11.1. The Morgan fingerprint density at radius 1 is 1.22 bits per heavy atom. The molecule has 7 nitrogen and oxygen atoms in total. The third kappa shape index (κ3) is 6.04. The van der Waals surface area contributed by atoms with Gasteiger partial charge in [-0.3, -0.25) is 9.59 Å².